The summed E-state index contributed by atoms with van der Waals surface area (Å²) in [5.74, 6) is -0.332. The highest BCUT2D eigenvalue weighted by Crippen LogP contribution is 2.15. The highest BCUT2D eigenvalue weighted by atomic mass is 16.2. The molecule has 98 valence electrons. The molecule has 0 atom stereocenters. The van der Waals surface area contributed by atoms with Gasteiger partial charge in [0.25, 0.3) is 5.91 Å². The van der Waals surface area contributed by atoms with Crippen LogP contribution in [0.1, 0.15) is 16.1 Å². The van der Waals surface area contributed by atoms with Crippen LogP contribution in [-0.2, 0) is 6.54 Å². The molecule has 5 heteroatoms. The number of carbonyl (C=O) groups is 1. The summed E-state index contributed by atoms with van der Waals surface area (Å²) in [6, 6.07) is 12.0. The summed E-state index contributed by atoms with van der Waals surface area (Å²) in [7, 11) is 1.84. The van der Waals surface area contributed by atoms with Crippen molar-refractivity contribution in [3.8, 4) is 0 Å². The van der Waals surface area contributed by atoms with Gasteiger partial charge in [-0.2, -0.15) is 0 Å². The van der Waals surface area contributed by atoms with Crippen LogP contribution in [0, 0.1) is 0 Å². The molecule has 0 radical (unpaired) electrons. The Kier molecular flexibility index (Phi) is 4.10. The number of benzene rings is 1. The van der Waals surface area contributed by atoms with E-state index in [4.69, 9.17) is 0 Å². The van der Waals surface area contributed by atoms with Gasteiger partial charge in [0.15, 0.2) is 0 Å². The SMILES string of the molecule is CNCc1ccccc1NC(=O)c1cccc(=O)[nH]1. The van der Waals surface area contributed by atoms with Crippen LogP contribution in [-0.4, -0.2) is 17.9 Å². The van der Waals surface area contributed by atoms with Crippen LogP contribution in [0.25, 0.3) is 0 Å². The van der Waals surface area contributed by atoms with Gasteiger partial charge in [0.05, 0.1) is 0 Å². The number of H-pyrrole nitrogens is 1. The molecule has 19 heavy (non-hydrogen) atoms. The lowest BCUT2D eigenvalue weighted by Crippen LogP contribution is -2.19. The molecule has 0 saturated carbocycles. The van der Waals surface area contributed by atoms with Gasteiger partial charge in [0, 0.05) is 18.3 Å². The third kappa shape index (κ3) is 3.29. The van der Waals surface area contributed by atoms with E-state index in [2.05, 4.69) is 15.6 Å². The molecule has 0 bridgehead atoms. The second-order valence-corrected chi connectivity index (χ2v) is 4.07. The lowest BCUT2D eigenvalue weighted by Gasteiger charge is -2.10. The molecule has 0 unspecified atom stereocenters. The van der Waals surface area contributed by atoms with Gasteiger partial charge in [-0.3, -0.25) is 9.59 Å². The van der Waals surface area contributed by atoms with Crippen LogP contribution < -0.4 is 16.2 Å². The van der Waals surface area contributed by atoms with E-state index >= 15 is 0 Å². The third-order valence-corrected chi connectivity index (χ3v) is 2.65. The zero-order chi connectivity index (χ0) is 13.7. The topological polar surface area (TPSA) is 74.0 Å². The Balaban J connectivity index is 2.21. The third-order valence-electron chi connectivity index (χ3n) is 2.65. The molecule has 1 aromatic heterocycles. The molecule has 0 aliphatic heterocycles. The highest BCUT2D eigenvalue weighted by molar-refractivity contribution is 6.03. The molecule has 0 aliphatic carbocycles. The van der Waals surface area contributed by atoms with Crippen molar-refractivity contribution in [3.05, 3.63) is 64.1 Å². The second kappa shape index (κ2) is 5.97. The van der Waals surface area contributed by atoms with Gasteiger partial charge in [-0.05, 0) is 24.7 Å². The summed E-state index contributed by atoms with van der Waals surface area (Å²) in [5, 5.41) is 5.83. The van der Waals surface area contributed by atoms with Gasteiger partial charge in [0.2, 0.25) is 5.56 Å². The smallest absolute Gasteiger partial charge is 0.272 e. The fraction of sp³-hybridized carbons (Fsp3) is 0.143. The molecule has 1 heterocycles. The Labute approximate surface area is 110 Å². The maximum Gasteiger partial charge on any atom is 0.272 e. The summed E-state index contributed by atoms with van der Waals surface area (Å²) in [6.45, 7) is 0.655. The van der Waals surface area contributed by atoms with Crippen molar-refractivity contribution >= 4 is 11.6 Å². The number of carbonyl (C=O) groups excluding carboxylic acids is 1. The zero-order valence-corrected chi connectivity index (χ0v) is 10.6. The molecule has 1 amide bonds. The fourth-order valence-corrected chi connectivity index (χ4v) is 1.76. The Hall–Kier alpha value is -2.40. The summed E-state index contributed by atoms with van der Waals surface area (Å²) in [4.78, 5) is 25.7. The standard InChI is InChI=1S/C14H15N3O2/c1-15-9-10-5-2-3-6-11(10)17-14(19)12-7-4-8-13(18)16-12/h2-8,15H,9H2,1H3,(H,16,18)(H,17,19). The lowest BCUT2D eigenvalue weighted by molar-refractivity contribution is 0.102. The average Bonchev–Trinajstić information content (AvgIpc) is 2.41. The summed E-state index contributed by atoms with van der Waals surface area (Å²) < 4.78 is 0. The van der Waals surface area contributed by atoms with E-state index in [1.165, 1.54) is 6.07 Å². The first-order valence-corrected chi connectivity index (χ1v) is 5.94. The van der Waals surface area contributed by atoms with Gasteiger partial charge < -0.3 is 15.6 Å². The maximum atomic E-state index is 12.0. The first kappa shape index (κ1) is 13.0. The van der Waals surface area contributed by atoms with Crippen LogP contribution in [0.5, 0.6) is 0 Å². The Morgan fingerprint density at radius 3 is 2.68 bits per heavy atom. The molecule has 1 aromatic carbocycles. The Bertz CT molecular complexity index is 634. The number of nitrogens with one attached hydrogen (secondary N) is 3. The van der Waals surface area contributed by atoms with Gasteiger partial charge in [-0.15, -0.1) is 0 Å². The van der Waals surface area contributed by atoms with Crippen molar-refractivity contribution in [1.29, 1.82) is 0 Å². The largest absolute Gasteiger partial charge is 0.320 e. The predicted molar refractivity (Wildman–Crippen MR) is 74.2 cm³/mol. The average molecular weight is 257 g/mol. The van der Waals surface area contributed by atoms with Crippen molar-refractivity contribution in [2.75, 3.05) is 12.4 Å². The molecule has 2 aromatic rings. The van der Waals surface area contributed by atoms with Crippen LogP contribution in [0.4, 0.5) is 5.69 Å². The van der Waals surface area contributed by atoms with Gasteiger partial charge in [-0.25, -0.2) is 0 Å². The second-order valence-electron chi connectivity index (χ2n) is 4.07. The maximum absolute atomic E-state index is 12.0. The molecule has 0 aliphatic rings. The fourth-order valence-electron chi connectivity index (χ4n) is 1.76. The van der Waals surface area contributed by atoms with E-state index in [0.29, 0.717) is 6.54 Å². The van der Waals surface area contributed by atoms with Crippen LogP contribution >= 0.6 is 0 Å². The minimum absolute atomic E-state index is 0.242. The van der Waals surface area contributed by atoms with E-state index in [1.807, 2.05) is 31.3 Å². The van der Waals surface area contributed by atoms with Crippen molar-refractivity contribution in [2.24, 2.45) is 0 Å². The summed E-state index contributed by atoms with van der Waals surface area (Å²) in [6.07, 6.45) is 0. The molecule has 0 spiro atoms. The van der Waals surface area contributed by atoms with E-state index < -0.39 is 0 Å². The number of hydrogen-bond donors (Lipinski definition) is 3. The van der Waals surface area contributed by atoms with Crippen LogP contribution in [0.15, 0.2) is 47.3 Å². The number of aromatic amines is 1. The van der Waals surface area contributed by atoms with Crippen molar-refractivity contribution in [3.63, 3.8) is 0 Å². The molecule has 3 N–H and O–H groups in total. The number of anilines is 1. The number of pyridine rings is 1. The van der Waals surface area contributed by atoms with E-state index in [1.54, 1.807) is 12.1 Å². The molecule has 0 fully saturated rings. The number of hydrogen-bond acceptors (Lipinski definition) is 3. The van der Waals surface area contributed by atoms with Crippen molar-refractivity contribution in [1.82, 2.24) is 10.3 Å². The minimum Gasteiger partial charge on any atom is -0.320 e. The Morgan fingerprint density at radius 2 is 1.95 bits per heavy atom. The predicted octanol–water partition coefficient (Wildman–Crippen LogP) is 1.35. The Morgan fingerprint density at radius 1 is 1.16 bits per heavy atom. The summed E-state index contributed by atoms with van der Waals surface area (Å²) >= 11 is 0. The number of aromatic nitrogens is 1. The molecule has 0 saturated heterocycles. The van der Waals surface area contributed by atoms with E-state index in [-0.39, 0.29) is 17.2 Å². The number of rotatable bonds is 4. The highest BCUT2D eigenvalue weighted by Gasteiger charge is 2.08. The quantitative estimate of drug-likeness (QED) is 0.774. The van der Waals surface area contributed by atoms with Crippen molar-refractivity contribution < 1.29 is 4.79 Å². The van der Waals surface area contributed by atoms with Crippen molar-refractivity contribution in [2.45, 2.75) is 6.54 Å². The first-order chi connectivity index (χ1) is 9.20. The minimum atomic E-state index is -0.332. The number of amides is 1. The van der Waals surface area contributed by atoms with Gasteiger partial charge in [-0.1, -0.05) is 24.3 Å². The lowest BCUT2D eigenvalue weighted by atomic mass is 10.1. The van der Waals surface area contributed by atoms with E-state index in [0.717, 1.165) is 11.3 Å². The zero-order valence-electron chi connectivity index (χ0n) is 10.6. The monoisotopic (exact) mass is 257 g/mol. The summed E-state index contributed by atoms with van der Waals surface area (Å²) in [5.41, 5.74) is 1.66. The first-order valence-electron chi connectivity index (χ1n) is 5.94. The van der Waals surface area contributed by atoms with E-state index in [9.17, 15) is 9.59 Å². The van der Waals surface area contributed by atoms with Crippen LogP contribution in [0.3, 0.4) is 0 Å². The number of para-hydroxylation sites is 1. The molecular weight excluding hydrogens is 242 g/mol. The molecular formula is C14H15N3O2. The molecule has 5 nitrogen and oxygen atoms in total. The normalized spacial score (nSPS) is 10.2. The van der Waals surface area contributed by atoms with Crippen LogP contribution in [0.2, 0.25) is 0 Å². The van der Waals surface area contributed by atoms with Gasteiger partial charge in [0.1, 0.15) is 5.69 Å². The van der Waals surface area contributed by atoms with Gasteiger partial charge >= 0.3 is 0 Å². The molecule has 2 rings (SSSR count).